The van der Waals surface area contributed by atoms with Crippen LogP contribution in [0.4, 0.5) is 5.69 Å². The lowest BCUT2D eigenvalue weighted by Gasteiger charge is -2.24. The van der Waals surface area contributed by atoms with E-state index in [0.29, 0.717) is 15.9 Å². The predicted molar refractivity (Wildman–Crippen MR) is 164 cm³/mol. The second-order valence-electron chi connectivity index (χ2n) is 9.17. The van der Waals surface area contributed by atoms with Crippen molar-refractivity contribution in [1.82, 2.24) is 5.43 Å². The number of rotatable bonds is 8. The number of carbonyl (C=O) groups is 1. The van der Waals surface area contributed by atoms with Crippen LogP contribution in [0.15, 0.2) is 112 Å². The molecule has 0 saturated carbocycles. The number of halogens is 1. The predicted octanol–water partition coefficient (Wildman–Crippen LogP) is 6.42. The molecule has 0 saturated heterocycles. The third kappa shape index (κ3) is 5.57. The number of nitrogens with zero attached hydrogens (tertiary/aromatic N) is 2. The van der Waals surface area contributed by atoms with Crippen molar-refractivity contribution in [3.8, 4) is 5.75 Å². The maximum Gasteiger partial charge on any atom is 0.264 e. The highest BCUT2D eigenvalue weighted by Crippen LogP contribution is 2.31. The number of ether oxygens (including phenoxy) is 1. The van der Waals surface area contributed by atoms with E-state index < -0.39 is 22.5 Å². The summed E-state index contributed by atoms with van der Waals surface area (Å²) in [6.45, 7) is 1.43. The topological polar surface area (TPSA) is 88.1 Å². The van der Waals surface area contributed by atoms with Gasteiger partial charge in [0.1, 0.15) is 12.3 Å². The van der Waals surface area contributed by atoms with E-state index in [2.05, 4.69) is 32.5 Å². The quantitative estimate of drug-likeness (QED) is 0.124. The molecular weight excluding hydrogens is 590 g/mol. The van der Waals surface area contributed by atoms with Crippen LogP contribution < -0.4 is 14.5 Å². The number of fused-ring (bicyclic) bond motifs is 2. The second kappa shape index (κ2) is 11.5. The number of nitrogens with one attached hydrogen (secondary N) is 1. The van der Waals surface area contributed by atoms with E-state index in [1.165, 1.54) is 19.2 Å². The molecule has 0 fully saturated rings. The Kier molecular flexibility index (Phi) is 7.86. The molecule has 9 heteroatoms. The van der Waals surface area contributed by atoms with Crippen molar-refractivity contribution in [2.75, 3.05) is 18.0 Å². The van der Waals surface area contributed by atoms with Gasteiger partial charge in [-0.05, 0) is 80.8 Å². The van der Waals surface area contributed by atoms with E-state index >= 15 is 0 Å². The smallest absolute Gasteiger partial charge is 0.264 e. The van der Waals surface area contributed by atoms with Crippen LogP contribution in [0, 0.1) is 6.92 Å². The van der Waals surface area contributed by atoms with Crippen molar-refractivity contribution >= 4 is 65.3 Å². The Balaban J connectivity index is 1.45. The van der Waals surface area contributed by atoms with Crippen molar-refractivity contribution in [2.24, 2.45) is 5.10 Å². The van der Waals surface area contributed by atoms with Gasteiger partial charge in [0.05, 0.1) is 28.4 Å². The fourth-order valence-corrected chi connectivity index (χ4v) is 6.62. The molecule has 0 heterocycles. The fraction of sp³-hybridized carbons (Fsp3) is 0.0968. The SMILES string of the molecule is COc1ccc(S(=O)(=O)N(CC(=O)N/N=C/c2c3ccccc3cc3ccccc23)c2ccc(C)cc2)cc1Br. The van der Waals surface area contributed by atoms with Crippen molar-refractivity contribution < 1.29 is 17.9 Å². The number of aryl methyl sites for hydroxylation is 1. The van der Waals surface area contributed by atoms with Crippen LogP contribution in [0.2, 0.25) is 0 Å². The number of methoxy groups -OCH3 is 1. The number of hydrogen-bond acceptors (Lipinski definition) is 5. The van der Waals surface area contributed by atoms with E-state index in [-0.39, 0.29) is 4.90 Å². The lowest BCUT2D eigenvalue weighted by atomic mass is 9.97. The van der Waals surface area contributed by atoms with E-state index in [4.69, 9.17) is 4.74 Å². The molecule has 0 spiro atoms. The average Bonchev–Trinajstić information content (AvgIpc) is 2.96. The van der Waals surface area contributed by atoms with Crippen molar-refractivity contribution in [1.29, 1.82) is 0 Å². The molecule has 0 aliphatic heterocycles. The summed E-state index contributed by atoms with van der Waals surface area (Å²) in [6, 6.07) is 29.4. The Morgan fingerprint density at radius 2 is 1.55 bits per heavy atom. The maximum absolute atomic E-state index is 13.7. The van der Waals surface area contributed by atoms with E-state index in [1.54, 1.807) is 36.5 Å². The standard InChI is InChI=1S/C31H26BrN3O4S/c1-21-11-13-24(14-12-21)35(40(37,38)25-15-16-30(39-2)29(32)18-25)20-31(36)34-33-19-28-26-9-5-3-7-22(26)17-23-8-4-6-10-27(23)28/h3-19H,20H2,1-2H3,(H,34,36)/b33-19+. The lowest BCUT2D eigenvalue weighted by Crippen LogP contribution is -2.39. The van der Waals surface area contributed by atoms with Gasteiger partial charge in [-0.3, -0.25) is 9.10 Å². The molecule has 0 radical (unpaired) electrons. The van der Waals surface area contributed by atoms with Crippen LogP contribution in [-0.4, -0.2) is 34.2 Å². The molecule has 0 bridgehead atoms. The van der Waals surface area contributed by atoms with Crippen LogP contribution in [0.5, 0.6) is 5.75 Å². The molecule has 0 unspecified atom stereocenters. The summed E-state index contributed by atoms with van der Waals surface area (Å²) < 4.78 is 34.3. The van der Waals surface area contributed by atoms with Gasteiger partial charge in [-0.25, -0.2) is 13.8 Å². The number of hydrazone groups is 1. The average molecular weight is 617 g/mol. The van der Waals surface area contributed by atoms with Crippen LogP contribution in [0.1, 0.15) is 11.1 Å². The zero-order valence-corrected chi connectivity index (χ0v) is 24.2. The summed E-state index contributed by atoms with van der Waals surface area (Å²) in [7, 11) is -2.61. The van der Waals surface area contributed by atoms with Gasteiger partial charge in [-0.1, -0.05) is 66.2 Å². The Labute approximate surface area is 241 Å². The first kappa shape index (κ1) is 27.4. The van der Waals surface area contributed by atoms with Gasteiger partial charge in [0, 0.05) is 5.56 Å². The summed E-state index contributed by atoms with van der Waals surface area (Å²) in [5.41, 5.74) is 4.70. The molecule has 5 aromatic rings. The van der Waals surface area contributed by atoms with Gasteiger partial charge in [-0.2, -0.15) is 5.10 Å². The number of amides is 1. The Morgan fingerprint density at radius 1 is 0.925 bits per heavy atom. The van der Waals surface area contributed by atoms with Crippen molar-refractivity contribution in [3.05, 3.63) is 113 Å². The van der Waals surface area contributed by atoms with Gasteiger partial charge >= 0.3 is 0 Å². The first-order chi connectivity index (χ1) is 19.3. The summed E-state index contributed by atoms with van der Waals surface area (Å²) in [4.78, 5) is 13.1. The largest absolute Gasteiger partial charge is 0.496 e. The Hall–Kier alpha value is -4.21. The normalized spacial score (nSPS) is 11.7. The molecule has 7 nitrogen and oxygen atoms in total. The number of benzene rings is 5. The van der Waals surface area contributed by atoms with Gasteiger partial charge in [0.15, 0.2) is 0 Å². The van der Waals surface area contributed by atoms with Crippen LogP contribution >= 0.6 is 15.9 Å². The molecule has 202 valence electrons. The highest BCUT2D eigenvalue weighted by Gasteiger charge is 2.28. The zero-order valence-electron chi connectivity index (χ0n) is 21.8. The fourth-order valence-electron chi connectivity index (χ4n) is 4.48. The Morgan fingerprint density at radius 3 is 2.15 bits per heavy atom. The summed E-state index contributed by atoms with van der Waals surface area (Å²) in [6.07, 6.45) is 1.61. The van der Waals surface area contributed by atoms with E-state index in [9.17, 15) is 13.2 Å². The Bertz CT molecular complexity index is 1800. The minimum absolute atomic E-state index is 0.0132. The zero-order chi connectivity index (χ0) is 28.3. The molecule has 1 amide bonds. The molecule has 5 aromatic carbocycles. The van der Waals surface area contributed by atoms with Gasteiger partial charge in [0.25, 0.3) is 15.9 Å². The minimum Gasteiger partial charge on any atom is -0.496 e. The second-order valence-corrected chi connectivity index (χ2v) is 11.9. The monoisotopic (exact) mass is 615 g/mol. The first-order valence-corrected chi connectivity index (χ1v) is 14.7. The van der Waals surface area contributed by atoms with E-state index in [0.717, 1.165) is 37.0 Å². The summed E-state index contributed by atoms with van der Waals surface area (Å²) in [5, 5.41) is 8.32. The maximum atomic E-state index is 13.7. The molecule has 1 N–H and O–H groups in total. The molecule has 0 aromatic heterocycles. The number of hydrogen-bond donors (Lipinski definition) is 1. The van der Waals surface area contributed by atoms with Crippen LogP contribution in [0.3, 0.4) is 0 Å². The lowest BCUT2D eigenvalue weighted by molar-refractivity contribution is -0.119. The van der Waals surface area contributed by atoms with Crippen LogP contribution in [0.25, 0.3) is 21.5 Å². The third-order valence-electron chi connectivity index (χ3n) is 6.52. The molecular formula is C31H26BrN3O4S. The highest BCUT2D eigenvalue weighted by atomic mass is 79.9. The number of carbonyl (C=O) groups excluding carboxylic acids is 1. The first-order valence-electron chi connectivity index (χ1n) is 12.4. The summed E-state index contributed by atoms with van der Waals surface area (Å²) >= 11 is 3.35. The van der Waals surface area contributed by atoms with E-state index in [1.807, 2.05) is 55.5 Å². The van der Waals surface area contributed by atoms with Gasteiger partial charge in [0.2, 0.25) is 0 Å². The molecule has 5 rings (SSSR count). The highest BCUT2D eigenvalue weighted by molar-refractivity contribution is 9.10. The molecule has 0 aliphatic carbocycles. The summed E-state index contributed by atoms with van der Waals surface area (Å²) in [5.74, 6) is -0.0913. The van der Waals surface area contributed by atoms with Crippen molar-refractivity contribution in [3.63, 3.8) is 0 Å². The molecule has 0 aliphatic rings. The van der Waals surface area contributed by atoms with Crippen molar-refractivity contribution in [2.45, 2.75) is 11.8 Å². The number of anilines is 1. The molecule has 40 heavy (non-hydrogen) atoms. The van der Waals surface area contributed by atoms with Gasteiger partial charge < -0.3 is 4.74 Å². The minimum atomic E-state index is -4.11. The van der Waals surface area contributed by atoms with Gasteiger partial charge in [-0.15, -0.1) is 0 Å². The van der Waals surface area contributed by atoms with Crippen LogP contribution in [-0.2, 0) is 14.8 Å². The third-order valence-corrected chi connectivity index (χ3v) is 8.91. The number of sulfonamides is 1. The molecule has 0 atom stereocenters.